The van der Waals surface area contributed by atoms with Crippen molar-refractivity contribution in [3.05, 3.63) is 29.8 Å². The Hall–Kier alpha value is -1.14. The third kappa shape index (κ3) is 2.95. The number of benzene rings is 1. The molecule has 0 spiro atoms. The molecule has 0 N–H and O–H groups in total. The molecule has 1 saturated heterocycles. The predicted octanol–water partition coefficient (Wildman–Crippen LogP) is 2.78. The van der Waals surface area contributed by atoms with Crippen LogP contribution in [0.1, 0.15) is 16.8 Å². The summed E-state index contributed by atoms with van der Waals surface area (Å²) >= 11 is 0.376. The number of carbonyl (C=O) groups is 1. The van der Waals surface area contributed by atoms with Gasteiger partial charge in [0.05, 0.1) is 18.7 Å². The standard InChI is InChI=1S/C11H11F2NO2S/c12-11(13)17-9-5-2-1-4-8(9)10(15)14-6-3-7-16-14/h1-2,4-5,11H,3,6-7H2. The molecule has 1 amide bonds. The second kappa shape index (κ2) is 5.46. The Kier molecular flexibility index (Phi) is 3.96. The summed E-state index contributed by atoms with van der Waals surface area (Å²) in [5, 5.41) is 1.23. The highest BCUT2D eigenvalue weighted by Gasteiger charge is 2.23. The molecule has 0 bridgehead atoms. The number of hydrogen-bond donors (Lipinski definition) is 0. The molecule has 1 aromatic carbocycles. The molecule has 1 aliphatic heterocycles. The minimum atomic E-state index is -2.54. The summed E-state index contributed by atoms with van der Waals surface area (Å²) in [5.74, 6) is -2.89. The molecule has 0 unspecified atom stereocenters. The first kappa shape index (κ1) is 12.3. The highest BCUT2D eigenvalue weighted by molar-refractivity contribution is 7.99. The maximum absolute atomic E-state index is 12.3. The molecule has 1 fully saturated rings. The minimum Gasteiger partial charge on any atom is -0.271 e. The second-order valence-electron chi connectivity index (χ2n) is 3.47. The molecule has 0 atom stereocenters. The van der Waals surface area contributed by atoms with Crippen molar-refractivity contribution in [2.75, 3.05) is 13.2 Å². The van der Waals surface area contributed by atoms with Crippen LogP contribution in [0.25, 0.3) is 0 Å². The number of carbonyl (C=O) groups excluding carboxylic acids is 1. The van der Waals surface area contributed by atoms with Gasteiger partial charge in [-0.15, -0.1) is 0 Å². The summed E-state index contributed by atoms with van der Waals surface area (Å²) in [7, 11) is 0. The number of nitrogens with zero attached hydrogens (tertiary/aromatic N) is 1. The van der Waals surface area contributed by atoms with E-state index in [1.54, 1.807) is 12.1 Å². The van der Waals surface area contributed by atoms with Crippen LogP contribution >= 0.6 is 11.8 Å². The number of rotatable bonds is 3. The molecule has 1 aliphatic rings. The van der Waals surface area contributed by atoms with Crippen molar-refractivity contribution in [1.82, 2.24) is 5.06 Å². The van der Waals surface area contributed by atoms with E-state index in [9.17, 15) is 13.6 Å². The van der Waals surface area contributed by atoms with Crippen molar-refractivity contribution in [3.63, 3.8) is 0 Å². The van der Waals surface area contributed by atoms with Crippen molar-refractivity contribution in [2.24, 2.45) is 0 Å². The first-order chi connectivity index (χ1) is 8.18. The topological polar surface area (TPSA) is 29.5 Å². The van der Waals surface area contributed by atoms with E-state index in [1.807, 2.05) is 0 Å². The van der Waals surface area contributed by atoms with E-state index in [0.29, 0.717) is 24.9 Å². The minimum absolute atomic E-state index is 0.264. The number of halogens is 2. The van der Waals surface area contributed by atoms with Gasteiger partial charge in [0.2, 0.25) is 0 Å². The van der Waals surface area contributed by atoms with Gasteiger partial charge in [-0.1, -0.05) is 23.9 Å². The van der Waals surface area contributed by atoms with Gasteiger partial charge in [0.15, 0.2) is 0 Å². The number of thioether (sulfide) groups is 1. The van der Waals surface area contributed by atoms with Crippen LogP contribution in [0.2, 0.25) is 0 Å². The fourth-order valence-corrected chi connectivity index (χ4v) is 2.22. The molecule has 1 heterocycles. The van der Waals surface area contributed by atoms with Gasteiger partial charge in [-0.25, -0.2) is 5.06 Å². The number of alkyl halides is 2. The summed E-state index contributed by atoms with van der Waals surface area (Å²) in [6.07, 6.45) is 0.774. The lowest BCUT2D eigenvalue weighted by Gasteiger charge is -2.15. The Morgan fingerprint density at radius 2 is 2.18 bits per heavy atom. The van der Waals surface area contributed by atoms with E-state index >= 15 is 0 Å². The molecule has 1 aromatic rings. The molecule has 2 rings (SSSR count). The van der Waals surface area contributed by atoms with E-state index in [1.165, 1.54) is 17.2 Å². The SMILES string of the molecule is O=C(c1ccccc1SC(F)F)N1CCCO1. The Labute approximate surface area is 102 Å². The largest absolute Gasteiger partial charge is 0.288 e. The molecule has 92 valence electrons. The number of amides is 1. The smallest absolute Gasteiger partial charge is 0.271 e. The average molecular weight is 259 g/mol. The van der Waals surface area contributed by atoms with Crippen molar-refractivity contribution in [3.8, 4) is 0 Å². The maximum Gasteiger partial charge on any atom is 0.288 e. The van der Waals surface area contributed by atoms with Gasteiger partial charge in [0.1, 0.15) is 0 Å². The molecule has 0 aromatic heterocycles. The van der Waals surface area contributed by atoms with Gasteiger partial charge >= 0.3 is 0 Å². The van der Waals surface area contributed by atoms with Gasteiger partial charge in [0, 0.05) is 4.90 Å². The average Bonchev–Trinajstić information content (AvgIpc) is 2.81. The van der Waals surface area contributed by atoms with Crippen LogP contribution in [-0.2, 0) is 4.84 Å². The van der Waals surface area contributed by atoms with E-state index in [0.717, 1.165) is 6.42 Å². The third-order valence-corrected chi connectivity index (χ3v) is 3.10. The zero-order valence-electron chi connectivity index (χ0n) is 8.94. The summed E-state index contributed by atoms with van der Waals surface area (Å²) in [4.78, 5) is 17.4. The van der Waals surface area contributed by atoms with Gasteiger partial charge < -0.3 is 0 Å². The van der Waals surface area contributed by atoms with Gasteiger partial charge in [-0.3, -0.25) is 9.63 Å². The molecule has 0 saturated carbocycles. The Morgan fingerprint density at radius 3 is 2.82 bits per heavy atom. The number of hydroxylamine groups is 2. The highest BCUT2D eigenvalue weighted by Crippen LogP contribution is 2.29. The summed E-state index contributed by atoms with van der Waals surface area (Å²) in [5.41, 5.74) is 0.264. The van der Waals surface area contributed by atoms with Crippen molar-refractivity contribution in [1.29, 1.82) is 0 Å². The zero-order chi connectivity index (χ0) is 12.3. The Morgan fingerprint density at radius 1 is 1.41 bits per heavy atom. The van der Waals surface area contributed by atoms with E-state index in [-0.39, 0.29) is 16.4 Å². The Balaban J connectivity index is 2.21. The highest BCUT2D eigenvalue weighted by atomic mass is 32.2. The molecule has 0 radical (unpaired) electrons. The summed E-state index contributed by atoms with van der Waals surface area (Å²) in [6.45, 7) is 1.00. The first-order valence-electron chi connectivity index (χ1n) is 5.17. The summed E-state index contributed by atoms with van der Waals surface area (Å²) in [6, 6.07) is 6.33. The molecular weight excluding hydrogens is 248 g/mol. The zero-order valence-corrected chi connectivity index (χ0v) is 9.75. The van der Waals surface area contributed by atoms with E-state index in [2.05, 4.69) is 0 Å². The van der Waals surface area contributed by atoms with Gasteiger partial charge in [-0.05, 0) is 18.6 Å². The molecule has 3 nitrogen and oxygen atoms in total. The lowest BCUT2D eigenvalue weighted by Crippen LogP contribution is -2.26. The normalized spacial score (nSPS) is 15.6. The van der Waals surface area contributed by atoms with E-state index < -0.39 is 5.76 Å². The maximum atomic E-state index is 12.3. The monoisotopic (exact) mass is 259 g/mol. The van der Waals surface area contributed by atoms with Crippen LogP contribution < -0.4 is 0 Å². The van der Waals surface area contributed by atoms with Crippen LogP contribution in [0.4, 0.5) is 8.78 Å². The Bertz CT molecular complexity index is 408. The van der Waals surface area contributed by atoms with Gasteiger partial charge in [0.25, 0.3) is 11.7 Å². The quantitative estimate of drug-likeness (QED) is 0.782. The second-order valence-corrected chi connectivity index (χ2v) is 4.50. The summed E-state index contributed by atoms with van der Waals surface area (Å²) < 4.78 is 24.7. The fraction of sp³-hybridized carbons (Fsp3) is 0.364. The van der Waals surface area contributed by atoms with Crippen LogP contribution in [0.15, 0.2) is 29.2 Å². The lowest BCUT2D eigenvalue weighted by atomic mass is 10.2. The third-order valence-electron chi connectivity index (χ3n) is 2.31. The van der Waals surface area contributed by atoms with Crippen molar-refractivity contribution in [2.45, 2.75) is 17.1 Å². The van der Waals surface area contributed by atoms with Crippen LogP contribution in [0, 0.1) is 0 Å². The van der Waals surface area contributed by atoms with Crippen LogP contribution in [-0.4, -0.2) is 29.9 Å². The van der Waals surface area contributed by atoms with Gasteiger partial charge in [-0.2, -0.15) is 8.78 Å². The van der Waals surface area contributed by atoms with Crippen LogP contribution in [0.5, 0.6) is 0 Å². The van der Waals surface area contributed by atoms with Crippen LogP contribution in [0.3, 0.4) is 0 Å². The lowest BCUT2D eigenvalue weighted by molar-refractivity contribution is -0.0770. The molecular formula is C11H11F2NO2S. The van der Waals surface area contributed by atoms with E-state index in [4.69, 9.17) is 4.84 Å². The molecule has 17 heavy (non-hydrogen) atoms. The molecule has 6 heteroatoms. The number of hydrogen-bond acceptors (Lipinski definition) is 3. The molecule has 0 aliphatic carbocycles. The predicted molar refractivity (Wildman–Crippen MR) is 59.9 cm³/mol. The van der Waals surface area contributed by atoms with Crippen molar-refractivity contribution >= 4 is 17.7 Å². The van der Waals surface area contributed by atoms with Crippen molar-refractivity contribution < 1.29 is 18.4 Å². The fourth-order valence-electron chi connectivity index (χ4n) is 1.58. The first-order valence-corrected chi connectivity index (χ1v) is 6.05.